The fraction of sp³-hybridized carbons (Fsp3) is 0.412. The third-order valence-electron chi connectivity index (χ3n) is 3.64. The van der Waals surface area contributed by atoms with Gasteiger partial charge in [-0.25, -0.2) is 0 Å². The number of morpholine rings is 1. The Balaban J connectivity index is 1.73. The Kier molecular flexibility index (Phi) is 4.93. The van der Waals surface area contributed by atoms with Gasteiger partial charge >= 0.3 is 0 Å². The minimum Gasteiger partial charge on any atom is -0.484 e. The quantitative estimate of drug-likeness (QED) is 0.844. The SMILES string of the molecule is CC1CN(c2oc(COc3ccc(Cl)cc3)nc2C#N)CC(C)O1. The van der Waals surface area contributed by atoms with Crippen molar-refractivity contribution in [2.75, 3.05) is 18.0 Å². The predicted octanol–water partition coefficient (Wildman–Crippen LogP) is 3.39. The Morgan fingerprint density at radius 3 is 2.58 bits per heavy atom. The van der Waals surface area contributed by atoms with E-state index in [2.05, 4.69) is 11.1 Å². The molecule has 0 saturated carbocycles. The summed E-state index contributed by atoms with van der Waals surface area (Å²) in [7, 11) is 0. The second kappa shape index (κ2) is 7.12. The number of ether oxygens (including phenoxy) is 2. The highest BCUT2D eigenvalue weighted by molar-refractivity contribution is 6.30. The summed E-state index contributed by atoms with van der Waals surface area (Å²) >= 11 is 5.84. The van der Waals surface area contributed by atoms with E-state index < -0.39 is 0 Å². The number of rotatable bonds is 4. The summed E-state index contributed by atoms with van der Waals surface area (Å²) < 4.78 is 17.1. The third-order valence-corrected chi connectivity index (χ3v) is 3.89. The van der Waals surface area contributed by atoms with Gasteiger partial charge in [0, 0.05) is 18.1 Å². The van der Waals surface area contributed by atoms with Gasteiger partial charge in [-0.2, -0.15) is 10.2 Å². The van der Waals surface area contributed by atoms with E-state index in [1.54, 1.807) is 24.3 Å². The smallest absolute Gasteiger partial charge is 0.236 e. The first kappa shape index (κ1) is 16.6. The number of aromatic nitrogens is 1. The fourth-order valence-electron chi connectivity index (χ4n) is 2.72. The van der Waals surface area contributed by atoms with E-state index in [9.17, 15) is 5.26 Å². The lowest BCUT2D eigenvalue weighted by molar-refractivity contribution is -0.00651. The summed E-state index contributed by atoms with van der Waals surface area (Å²) in [6.07, 6.45) is 0.137. The van der Waals surface area contributed by atoms with Gasteiger partial charge < -0.3 is 18.8 Å². The van der Waals surface area contributed by atoms with Crippen molar-refractivity contribution < 1.29 is 13.9 Å². The van der Waals surface area contributed by atoms with Crippen LogP contribution in [0.4, 0.5) is 5.88 Å². The van der Waals surface area contributed by atoms with Crippen LogP contribution >= 0.6 is 11.6 Å². The molecule has 1 fully saturated rings. The molecule has 0 bridgehead atoms. The molecule has 0 spiro atoms. The molecule has 1 aliphatic rings. The minimum atomic E-state index is 0.0687. The summed E-state index contributed by atoms with van der Waals surface area (Å²) in [6.45, 7) is 5.45. The molecular weight excluding hydrogens is 330 g/mol. The molecule has 2 unspecified atom stereocenters. The van der Waals surface area contributed by atoms with Crippen LogP contribution in [-0.2, 0) is 11.3 Å². The van der Waals surface area contributed by atoms with E-state index in [0.29, 0.717) is 35.6 Å². The van der Waals surface area contributed by atoms with E-state index in [-0.39, 0.29) is 24.5 Å². The van der Waals surface area contributed by atoms with E-state index in [4.69, 9.17) is 25.5 Å². The lowest BCUT2D eigenvalue weighted by atomic mass is 10.2. The van der Waals surface area contributed by atoms with Gasteiger partial charge in [0.15, 0.2) is 6.61 Å². The maximum absolute atomic E-state index is 9.32. The van der Waals surface area contributed by atoms with E-state index in [1.165, 1.54) is 0 Å². The molecule has 3 rings (SSSR count). The van der Waals surface area contributed by atoms with Crippen molar-refractivity contribution in [3.8, 4) is 11.8 Å². The lowest BCUT2D eigenvalue weighted by Gasteiger charge is -2.34. The van der Waals surface area contributed by atoms with Crippen LogP contribution in [-0.4, -0.2) is 30.3 Å². The Bertz CT molecular complexity index is 729. The first-order valence-corrected chi connectivity index (χ1v) is 8.11. The monoisotopic (exact) mass is 347 g/mol. The molecule has 6 nitrogen and oxygen atoms in total. The second-order valence-corrected chi connectivity index (χ2v) is 6.21. The van der Waals surface area contributed by atoms with Gasteiger partial charge in [0.05, 0.1) is 12.2 Å². The van der Waals surface area contributed by atoms with E-state index in [1.807, 2.05) is 18.7 Å². The van der Waals surface area contributed by atoms with Gasteiger partial charge in [-0.3, -0.25) is 0 Å². The Labute approximate surface area is 145 Å². The Morgan fingerprint density at radius 1 is 1.29 bits per heavy atom. The Morgan fingerprint density at radius 2 is 1.96 bits per heavy atom. The minimum absolute atomic E-state index is 0.0687. The number of nitrogens with zero attached hydrogens (tertiary/aromatic N) is 3. The number of oxazole rings is 1. The highest BCUT2D eigenvalue weighted by atomic mass is 35.5. The maximum Gasteiger partial charge on any atom is 0.236 e. The first-order chi connectivity index (χ1) is 11.5. The molecule has 0 amide bonds. The lowest BCUT2D eigenvalue weighted by Crippen LogP contribution is -2.45. The standard InChI is InChI=1S/C17H18ClN3O3/c1-11-8-21(9-12(2)23-11)17-15(7-19)20-16(24-17)10-22-14-5-3-13(18)4-6-14/h3-6,11-12H,8-10H2,1-2H3. The summed E-state index contributed by atoms with van der Waals surface area (Å²) in [5.41, 5.74) is 0.269. The topological polar surface area (TPSA) is 71.5 Å². The van der Waals surface area contributed by atoms with Gasteiger partial charge in [-0.05, 0) is 38.1 Å². The molecule has 0 radical (unpaired) electrons. The number of benzene rings is 1. The molecule has 0 N–H and O–H groups in total. The number of hydrogen-bond acceptors (Lipinski definition) is 6. The van der Waals surface area contributed by atoms with E-state index in [0.717, 1.165) is 0 Å². The maximum atomic E-state index is 9.32. The van der Waals surface area contributed by atoms with Crippen LogP contribution in [0.25, 0.3) is 0 Å². The van der Waals surface area contributed by atoms with E-state index >= 15 is 0 Å². The molecule has 0 aliphatic carbocycles. The van der Waals surface area contributed by atoms with Gasteiger partial charge in [-0.1, -0.05) is 11.6 Å². The molecule has 126 valence electrons. The summed E-state index contributed by atoms with van der Waals surface area (Å²) in [5, 5.41) is 9.97. The van der Waals surface area contributed by atoms with Gasteiger partial charge in [-0.15, -0.1) is 0 Å². The third kappa shape index (κ3) is 3.81. The van der Waals surface area contributed by atoms with Crippen molar-refractivity contribution in [2.24, 2.45) is 0 Å². The van der Waals surface area contributed by atoms with Crippen LogP contribution in [0.1, 0.15) is 25.4 Å². The molecule has 2 heterocycles. The molecular formula is C17H18ClN3O3. The molecule has 1 aromatic heterocycles. The van der Waals surface area contributed by atoms with Gasteiger partial charge in [0.25, 0.3) is 0 Å². The first-order valence-electron chi connectivity index (χ1n) is 7.73. The van der Waals surface area contributed by atoms with Crippen molar-refractivity contribution >= 4 is 17.5 Å². The van der Waals surface area contributed by atoms with Crippen molar-refractivity contribution in [1.82, 2.24) is 4.98 Å². The molecule has 1 aliphatic heterocycles. The summed E-state index contributed by atoms with van der Waals surface area (Å²) in [4.78, 5) is 6.22. The molecule has 1 saturated heterocycles. The van der Waals surface area contributed by atoms with Crippen LogP contribution in [0, 0.1) is 11.3 Å². The number of hydrogen-bond donors (Lipinski definition) is 0. The fourth-order valence-corrected chi connectivity index (χ4v) is 2.85. The normalized spacial score (nSPS) is 20.7. The van der Waals surface area contributed by atoms with Crippen LogP contribution in [0.2, 0.25) is 5.02 Å². The highest BCUT2D eigenvalue weighted by Gasteiger charge is 2.27. The van der Waals surface area contributed by atoms with Crippen LogP contribution in [0.15, 0.2) is 28.7 Å². The number of halogens is 1. The van der Waals surface area contributed by atoms with Crippen molar-refractivity contribution in [3.63, 3.8) is 0 Å². The zero-order valence-corrected chi connectivity index (χ0v) is 14.3. The summed E-state index contributed by atoms with van der Waals surface area (Å²) in [6, 6.07) is 9.11. The Hall–Kier alpha value is -2.23. The molecule has 2 aromatic rings. The largest absolute Gasteiger partial charge is 0.484 e. The average molecular weight is 348 g/mol. The predicted molar refractivity (Wildman–Crippen MR) is 89.2 cm³/mol. The van der Waals surface area contributed by atoms with Crippen molar-refractivity contribution in [2.45, 2.75) is 32.7 Å². The highest BCUT2D eigenvalue weighted by Crippen LogP contribution is 2.26. The van der Waals surface area contributed by atoms with Gasteiger partial charge in [0.1, 0.15) is 11.8 Å². The van der Waals surface area contributed by atoms with Crippen LogP contribution in [0.3, 0.4) is 0 Å². The zero-order chi connectivity index (χ0) is 17.1. The number of nitriles is 1. The van der Waals surface area contributed by atoms with Crippen molar-refractivity contribution in [1.29, 1.82) is 5.26 Å². The second-order valence-electron chi connectivity index (χ2n) is 5.78. The molecule has 24 heavy (non-hydrogen) atoms. The zero-order valence-electron chi connectivity index (χ0n) is 13.5. The van der Waals surface area contributed by atoms with Crippen LogP contribution < -0.4 is 9.64 Å². The van der Waals surface area contributed by atoms with Crippen LogP contribution in [0.5, 0.6) is 5.75 Å². The van der Waals surface area contributed by atoms with Gasteiger partial charge in [0.2, 0.25) is 17.5 Å². The summed E-state index contributed by atoms with van der Waals surface area (Å²) in [5.74, 6) is 1.50. The number of anilines is 1. The van der Waals surface area contributed by atoms with Crippen molar-refractivity contribution in [3.05, 3.63) is 40.9 Å². The molecule has 1 aromatic carbocycles. The average Bonchev–Trinajstić information content (AvgIpc) is 2.97. The molecule has 7 heteroatoms. The molecule has 2 atom stereocenters.